The number of hydrogen-bond acceptors (Lipinski definition) is 3. The third-order valence-electron chi connectivity index (χ3n) is 5.86. The third kappa shape index (κ3) is 2.12. The van der Waals surface area contributed by atoms with Gasteiger partial charge in [0.15, 0.2) is 0 Å². The molecule has 0 spiro atoms. The van der Waals surface area contributed by atoms with Gasteiger partial charge in [-0.3, -0.25) is 0 Å². The summed E-state index contributed by atoms with van der Waals surface area (Å²) < 4.78 is 0. The predicted molar refractivity (Wildman–Crippen MR) is 78.0 cm³/mol. The van der Waals surface area contributed by atoms with Gasteiger partial charge in [0.05, 0.1) is 0 Å². The van der Waals surface area contributed by atoms with Crippen LogP contribution in [0.4, 0.5) is 0 Å². The highest BCUT2D eigenvalue weighted by molar-refractivity contribution is 7.99. The van der Waals surface area contributed by atoms with E-state index in [1.54, 1.807) is 19.3 Å². The number of fused-ring (bicyclic) bond motifs is 5. The summed E-state index contributed by atoms with van der Waals surface area (Å²) in [5, 5.41) is 8.24. The van der Waals surface area contributed by atoms with Crippen LogP contribution >= 0.6 is 11.8 Å². The second-order valence-corrected chi connectivity index (χ2v) is 8.20. The number of rotatable bonds is 5. The zero-order valence-corrected chi connectivity index (χ0v) is 12.1. The minimum atomic E-state index is 0.933. The monoisotopic (exact) mass is 266 g/mol. The van der Waals surface area contributed by atoms with E-state index in [1.165, 1.54) is 38.2 Å². The standard InChI is InChI=1S/C15H26N2S/c1-2-11-9-10(1)13-14(11)15(13)17-7-8-18-12-3-5-16-6-4-12/h10-17H,1-9H2. The van der Waals surface area contributed by atoms with Crippen molar-refractivity contribution < 1.29 is 0 Å². The highest BCUT2D eigenvalue weighted by Gasteiger charge is 2.64. The Hall–Kier alpha value is 0.270. The predicted octanol–water partition coefficient (Wildman–Crippen LogP) is 2.11. The maximum Gasteiger partial charge on any atom is 0.0136 e. The van der Waals surface area contributed by atoms with E-state index in [9.17, 15) is 0 Å². The summed E-state index contributed by atoms with van der Waals surface area (Å²) in [6.45, 7) is 3.73. The van der Waals surface area contributed by atoms with Crippen molar-refractivity contribution in [3.05, 3.63) is 0 Å². The normalized spacial score (nSPS) is 46.3. The lowest BCUT2D eigenvalue weighted by molar-refractivity contribution is 0.456. The summed E-state index contributed by atoms with van der Waals surface area (Å²) in [4.78, 5) is 0. The molecule has 4 unspecified atom stereocenters. The van der Waals surface area contributed by atoms with Gasteiger partial charge in [0, 0.05) is 23.6 Å². The van der Waals surface area contributed by atoms with E-state index >= 15 is 0 Å². The van der Waals surface area contributed by atoms with Crippen molar-refractivity contribution in [2.75, 3.05) is 25.4 Å². The Bertz CT molecular complexity index is 287. The van der Waals surface area contributed by atoms with E-state index in [0.29, 0.717) is 0 Å². The Balaban J connectivity index is 1.14. The lowest BCUT2D eigenvalue weighted by Crippen LogP contribution is -2.30. The lowest BCUT2D eigenvalue weighted by Gasteiger charge is -2.22. The summed E-state index contributed by atoms with van der Waals surface area (Å²) in [6, 6.07) is 0.935. The molecule has 0 aromatic heterocycles. The Morgan fingerprint density at radius 2 is 1.72 bits per heavy atom. The van der Waals surface area contributed by atoms with Crippen molar-refractivity contribution in [3.63, 3.8) is 0 Å². The van der Waals surface area contributed by atoms with Gasteiger partial charge < -0.3 is 10.6 Å². The van der Waals surface area contributed by atoms with Crippen LogP contribution in [0.2, 0.25) is 0 Å². The van der Waals surface area contributed by atoms with Gasteiger partial charge in [-0.1, -0.05) is 0 Å². The van der Waals surface area contributed by atoms with E-state index < -0.39 is 0 Å². The second-order valence-electron chi connectivity index (χ2n) is 6.79. The molecule has 1 saturated heterocycles. The van der Waals surface area contributed by atoms with Crippen LogP contribution in [-0.2, 0) is 0 Å². The maximum absolute atomic E-state index is 3.86. The molecule has 0 radical (unpaired) electrons. The van der Waals surface area contributed by atoms with Gasteiger partial charge in [-0.2, -0.15) is 11.8 Å². The van der Waals surface area contributed by atoms with Crippen LogP contribution in [0.15, 0.2) is 0 Å². The minimum Gasteiger partial charge on any atom is -0.317 e. The first-order valence-corrected chi connectivity index (χ1v) is 9.04. The minimum absolute atomic E-state index is 0.933. The number of piperidine rings is 1. The molecule has 3 aliphatic carbocycles. The topological polar surface area (TPSA) is 24.1 Å². The fourth-order valence-corrected chi connectivity index (χ4v) is 6.15. The molecule has 18 heavy (non-hydrogen) atoms. The molecule has 4 atom stereocenters. The Kier molecular flexibility index (Phi) is 3.34. The van der Waals surface area contributed by atoms with Gasteiger partial charge >= 0.3 is 0 Å². The molecule has 0 aromatic carbocycles. The van der Waals surface area contributed by atoms with Crippen LogP contribution in [0, 0.1) is 23.7 Å². The quantitative estimate of drug-likeness (QED) is 0.745. The van der Waals surface area contributed by atoms with Crippen molar-refractivity contribution in [2.24, 2.45) is 23.7 Å². The molecule has 1 heterocycles. The molecule has 4 rings (SSSR count). The molecular formula is C15H26N2S. The van der Waals surface area contributed by atoms with Gasteiger partial charge in [-0.25, -0.2) is 0 Å². The Morgan fingerprint density at radius 3 is 2.44 bits per heavy atom. The Labute approximate surface area is 115 Å². The summed E-state index contributed by atoms with van der Waals surface area (Å²) in [7, 11) is 0. The van der Waals surface area contributed by atoms with Crippen LogP contribution in [0.3, 0.4) is 0 Å². The third-order valence-corrected chi connectivity index (χ3v) is 7.24. The molecule has 3 heteroatoms. The number of nitrogens with one attached hydrogen (secondary N) is 2. The van der Waals surface area contributed by atoms with Gasteiger partial charge in [0.1, 0.15) is 0 Å². The maximum atomic E-state index is 3.86. The van der Waals surface area contributed by atoms with Crippen LogP contribution in [0.5, 0.6) is 0 Å². The fourth-order valence-electron chi connectivity index (χ4n) is 5.01. The first-order valence-electron chi connectivity index (χ1n) is 7.99. The molecule has 4 aliphatic rings. The number of hydrogen-bond donors (Lipinski definition) is 2. The first kappa shape index (κ1) is 12.0. The van der Waals surface area contributed by atoms with Crippen LogP contribution in [-0.4, -0.2) is 36.7 Å². The van der Waals surface area contributed by atoms with Gasteiger partial charge in [0.2, 0.25) is 0 Å². The molecule has 1 aliphatic heterocycles. The molecule has 102 valence electrons. The van der Waals surface area contributed by atoms with E-state index in [4.69, 9.17) is 0 Å². The van der Waals surface area contributed by atoms with Crippen molar-refractivity contribution >= 4 is 11.8 Å². The van der Waals surface area contributed by atoms with E-state index in [0.717, 1.165) is 35.0 Å². The van der Waals surface area contributed by atoms with Crippen molar-refractivity contribution in [3.8, 4) is 0 Å². The lowest BCUT2D eigenvalue weighted by atomic mass is 10.0. The molecule has 4 fully saturated rings. The van der Waals surface area contributed by atoms with Gasteiger partial charge in [-0.15, -0.1) is 0 Å². The molecule has 2 bridgehead atoms. The smallest absolute Gasteiger partial charge is 0.0136 e. The van der Waals surface area contributed by atoms with Crippen LogP contribution in [0.25, 0.3) is 0 Å². The zero-order chi connectivity index (χ0) is 11.9. The molecule has 2 nitrogen and oxygen atoms in total. The Morgan fingerprint density at radius 1 is 1.00 bits per heavy atom. The molecule has 3 saturated carbocycles. The van der Waals surface area contributed by atoms with Gasteiger partial charge in [-0.05, 0) is 68.9 Å². The molecular weight excluding hydrogens is 240 g/mol. The van der Waals surface area contributed by atoms with E-state index in [1.807, 2.05) is 0 Å². The van der Waals surface area contributed by atoms with Crippen LogP contribution < -0.4 is 10.6 Å². The van der Waals surface area contributed by atoms with Crippen LogP contribution in [0.1, 0.15) is 32.1 Å². The second kappa shape index (κ2) is 4.99. The molecule has 0 amide bonds. The SMILES string of the molecule is C1CC(SCCNC2C3C4CCC(C4)C23)CCN1. The first-order chi connectivity index (χ1) is 8.93. The average molecular weight is 266 g/mol. The van der Waals surface area contributed by atoms with Crippen molar-refractivity contribution in [1.82, 2.24) is 10.6 Å². The average Bonchev–Trinajstić information content (AvgIpc) is 2.81. The fraction of sp³-hybridized carbons (Fsp3) is 1.00. The zero-order valence-electron chi connectivity index (χ0n) is 11.2. The molecule has 0 aromatic rings. The summed E-state index contributed by atoms with van der Waals surface area (Å²) >= 11 is 2.21. The summed E-state index contributed by atoms with van der Waals surface area (Å²) in [5.41, 5.74) is 0. The summed E-state index contributed by atoms with van der Waals surface area (Å²) in [5.74, 6) is 5.78. The highest BCUT2D eigenvalue weighted by atomic mass is 32.2. The van der Waals surface area contributed by atoms with Gasteiger partial charge in [0.25, 0.3) is 0 Å². The van der Waals surface area contributed by atoms with E-state index in [-0.39, 0.29) is 0 Å². The van der Waals surface area contributed by atoms with E-state index in [2.05, 4.69) is 22.4 Å². The highest BCUT2D eigenvalue weighted by Crippen LogP contribution is 2.65. The molecule has 2 N–H and O–H groups in total. The number of thioether (sulfide) groups is 1. The largest absolute Gasteiger partial charge is 0.317 e. The summed E-state index contributed by atoms with van der Waals surface area (Å²) in [6.07, 6.45) is 7.44. The van der Waals surface area contributed by atoms with Crippen molar-refractivity contribution in [2.45, 2.75) is 43.4 Å². The van der Waals surface area contributed by atoms with Crippen molar-refractivity contribution in [1.29, 1.82) is 0 Å².